The minimum absolute atomic E-state index is 0.0590. The Morgan fingerprint density at radius 2 is 1.97 bits per heavy atom. The number of hydrogen-bond donors (Lipinski definition) is 1. The molecule has 4 aromatic rings. The molecule has 0 amide bonds. The summed E-state index contributed by atoms with van der Waals surface area (Å²) in [5.41, 5.74) is 3.26. The number of likely N-dealkylation sites (tertiary alicyclic amines) is 1. The number of aromatic carboxylic acids is 1. The molecule has 11 heteroatoms. The maximum atomic E-state index is 14.0. The van der Waals surface area contributed by atoms with Crippen molar-refractivity contribution in [1.82, 2.24) is 24.4 Å². The Morgan fingerprint density at radius 1 is 1.15 bits per heavy atom. The van der Waals surface area contributed by atoms with Crippen LogP contribution in [0.15, 0.2) is 48.7 Å². The third-order valence-corrected chi connectivity index (χ3v) is 7.81. The first-order chi connectivity index (χ1) is 18.9. The van der Waals surface area contributed by atoms with Crippen LogP contribution in [0.4, 0.5) is 4.39 Å². The van der Waals surface area contributed by atoms with Gasteiger partial charge in [0.2, 0.25) is 0 Å². The molecular formula is C28H29ClFN5O4. The number of aromatic nitrogens is 4. The number of carboxylic acid groups (broad SMARTS) is 1. The van der Waals surface area contributed by atoms with Crippen LogP contribution in [0.3, 0.4) is 0 Å². The third-order valence-electron chi connectivity index (χ3n) is 7.58. The molecule has 2 fully saturated rings. The number of halogens is 2. The Kier molecular flexibility index (Phi) is 7.24. The minimum Gasteiger partial charge on any atom is -0.478 e. The average Bonchev–Trinajstić information content (AvgIpc) is 3.50. The second kappa shape index (κ2) is 11.0. The molecule has 1 N–H and O–H groups in total. The number of nitrogens with zero attached hydrogens (tertiary/aromatic N) is 5. The fourth-order valence-corrected chi connectivity index (χ4v) is 5.39. The van der Waals surface area contributed by atoms with Gasteiger partial charge in [-0.1, -0.05) is 17.7 Å². The Bertz CT molecular complexity index is 1490. The first-order valence-corrected chi connectivity index (χ1v) is 13.5. The monoisotopic (exact) mass is 553 g/mol. The summed E-state index contributed by atoms with van der Waals surface area (Å²) in [6.45, 7) is 3.95. The molecule has 0 bridgehead atoms. The van der Waals surface area contributed by atoms with Gasteiger partial charge in [-0.3, -0.25) is 4.90 Å². The van der Waals surface area contributed by atoms with Crippen LogP contribution < -0.4 is 4.84 Å². The number of imidazole rings is 1. The van der Waals surface area contributed by atoms with E-state index >= 15 is 0 Å². The number of carboxylic acids is 1. The molecule has 0 spiro atoms. The van der Waals surface area contributed by atoms with Gasteiger partial charge in [0.1, 0.15) is 18.2 Å². The van der Waals surface area contributed by atoms with Gasteiger partial charge >= 0.3 is 5.97 Å². The number of hydrogen-bond acceptors (Lipinski definition) is 6. The van der Waals surface area contributed by atoms with Crippen molar-refractivity contribution in [3.63, 3.8) is 0 Å². The van der Waals surface area contributed by atoms with Gasteiger partial charge in [-0.15, -0.1) is 9.94 Å². The van der Waals surface area contributed by atoms with Gasteiger partial charge in [0.05, 0.1) is 47.7 Å². The van der Waals surface area contributed by atoms with Crippen molar-refractivity contribution in [3.8, 4) is 0 Å². The zero-order valence-corrected chi connectivity index (χ0v) is 22.1. The lowest BCUT2D eigenvalue weighted by molar-refractivity contribution is -0.0592. The van der Waals surface area contributed by atoms with Crippen molar-refractivity contribution in [2.45, 2.75) is 51.0 Å². The molecule has 2 aliphatic heterocycles. The highest BCUT2D eigenvalue weighted by Crippen LogP contribution is 2.29. The normalized spacial score (nSPS) is 18.4. The summed E-state index contributed by atoms with van der Waals surface area (Å²) in [6.07, 6.45) is 4.77. The van der Waals surface area contributed by atoms with Gasteiger partial charge in [0, 0.05) is 23.1 Å². The summed E-state index contributed by atoms with van der Waals surface area (Å²) in [6, 6.07) is 11.6. The fraction of sp³-hybridized carbons (Fsp3) is 0.393. The number of benzene rings is 2. The van der Waals surface area contributed by atoms with Gasteiger partial charge < -0.3 is 19.2 Å². The minimum atomic E-state index is -0.946. The SMILES string of the molecule is O=C(O)c1ccc2nc(CN3CCC(c4ccn(OCc5ccc(Cl)cc5F)n4)CC3)n(C[C@@H]3CCO3)c2c1. The molecule has 204 valence electrons. The molecule has 2 aliphatic rings. The third kappa shape index (κ3) is 5.63. The molecule has 1 atom stereocenters. The molecule has 39 heavy (non-hydrogen) atoms. The topological polar surface area (TPSA) is 94.6 Å². The predicted molar refractivity (Wildman–Crippen MR) is 142 cm³/mol. The highest BCUT2D eigenvalue weighted by atomic mass is 35.5. The Balaban J connectivity index is 1.09. The van der Waals surface area contributed by atoms with E-state index in [2.05, 4.69) is 14.6 Å². The quantitative estimate of drug-likeness (QED) is 0.325. The van der Waals surface area contributed by atoms with Crippen LogP contribution in [0.2, 0.25) is 5.02 Å². The number of piperidine rings is 1. The summed E-state index contributed by atoms with van der Waals surface area (Å²) < 4.78 is 21.8. The van der Waals surface area contributed by atoms with Crippen LogP contribution in [-0.4, -0.2) is 61.3 Å². The smallest absolute Gasteiger partial charge is 0.335 e. The van der Waals surface area contributed by atoms with Crippen LogP contribution in [-0.2, 0) is 24.4 Å². The zero-order valence-electron chi connectivity index (χ0n) is 21.3. The van der Waals surface area contributed by atoms with Crippen molar-refractivity contribution in [3.05, 3.63) is 82.1 Å². The van der Waals surface area contributed by atoms with E-state index in [1.165, 1.54) is 10.9 Å². The van der Waals surface area contributed by atoms with Crippen LogP contribution in [0.1, 0.15) is 52.6 Å². The summed E-state index contributed by atoms with van der Waals surface area (Å²) >= 11 is 5.82. The number of carbonyl (C=O) groups is 1. The first kappa shape index (κ1) is 25.8. The molecule has 0 radical (unpaired) electrons. The first-order valence-electron chi connectivity index (χ1n) is 13.1. The molecule has 9 nitrogen and oxygen atoms in total. The Morgan fingerprint density at radius 3 is 2.69 bits per heavy atom. The van der Waals surface area contributed by atoms with Gasteiger partial charge in [0.15, 0.2) is 0 Å². The lowest BCUT2D eigenvalue weighted by Gasteiger charge is -2.32. The molecule has 0 saturated carbocycles. The molecule has 6 rings (SSSR count). The van der Waals surface area contributed by atoms with Crippen molar-refractivity contribution in [1.29, 1.82) is 0 Å². The maximum Gasteiger partial charge on any atom is 0.335 e. The fourth-order valence-electron chi connectivity index (χ4n) is 5.23. The molecule has 0 aliphatic carbocycles. The van der Waals surface area contributed by atoms with Crippen LogP contribution in [0.25, 0.3) is 11.0 Å². The molecule has 2 saturated heterocycles. The highest BCUT2D eigenvalue weighted by Gasteiger charge is 2.26. The van der Waals surface area contributed by atoms with E-state index in [1.54, 1.807) is 36.5 Å². The molecule has 2 aromatic heterocycles. The van der Waals surface area contributed by atoms with E-state index in [9.17, 15) is 14.3 Å². The largest absolute Gasteiger partial charge is 0.478 e. The van der Waals surface area contributed by atoms with Crippen molar-refractivity contribution in [2.75, 3.05) is 19.7 Å². The number of ether oxygens (including phenoxy) is 1. The van der Waals surface area contributed by atoms with E-state index in [0.29, 0.717) is 29.6 Å². The number of fused-ring (bicyclic) bond motifs is 1. The van der Waals surface area contributed by atoms with Crippen molar-refractivity contribution >= 4 is 28.6 Å². The van der Waals surface area contributed by atoms with Crippen LogP contribution in [0.5, 0.6) is 0 Å². The molecule has 2 aromatic carbocycles. The predicted octanol–water partition coefficient (Wildman–Crippen LogP) is 4.52. The average molecular weight is 554 g/mol. The van der Waals surface area contributed by atoms with Crippen LogP contribution in [0, 0.1) is 5.82 Å². The second-order valence-corrected chi connectivity index (χ2v) is 10.6. The van der Waals surface area contributed by atoms with Crippen molar-refractivity contribution in [2.24, 2.45) is 0 Å². The standard InChI is InChI=1S/C28H29ClFN5O4/c29-21-3-1-20(23(30)14-21)17-39-35-11-7-24(32-35)18-5-9-33(10-6-18)16-27-31-25-4-2-19(28(36)37)13-26(25)34(27)15-22-8-12-38-22/h1-4,7,11,13-14,18,22H,5-6,8-10,12,15-17H2,(H,36,37)/t22-/m0/s1. The van der Waals surface area contributed by atoms with Gasteiger partial charge in [-0.2, -0.15) is 0 Å². The van der Waals surface area contributed by atoms with E-state index in [-0.39, 0.29) is 18.3 Å². The van der Waals surface area contributed by atoms with Gasteiger partial charge in [-0.25, -0.2) is 14.2 Å². The lowest BCUT2D eigenvalue weighted by atomic mass is 9.94. The summed E-state index contributed by atoms with van der Waals surface area (Å²) in [5.74, 6) is -0.122. The molecular weight excluding hydrogens is 525 g/mol. The van der Waals surface area contributed by atoms with E-state index < -0.39 is 11.8 Å². The van der Waals surface area contributed by atoms with E-state index in [4.69, 9.17) is 26.2 Å². The highest BCUT2D eigenvalue weighted by molar-refractivity contribution is 6.30. The summed E-state index contributed by atoms with van der Waals surface area (Å²) in [7, 11) is 0. The van der Waals surface area contributed by atoms with Gasteiger partial charge in [-0.05, 0) is 68.8 Å². The number of rotatable bonds is 9. The molecule has 4 heterocycles. The summed E-state index contributed by atoms with van der Waals surface area (Å²) in [4.78, 5) is 25.8. The Hall–Kier alpha value is -3.47. The maximum absolute atomic E-state index is 14.0. The Labute approximate surface area is 229 Å². The second-order valence-electron chi connectivity index (χ2n) is 10.1. The van der Waals surface area contributed by atoms with Crippen molar-refractivity contribution < 1.29 is 23.9 Å². The van der Waals surface area contributed by atoms with E-state index in [1.807, 2.05) is 6.07 Å². The van der Waals surface area contributed by atoms with Gasteiger partial charge in [0.25, 0.3) is 0 Å². The summed E-state index contributed by atoms with van der Waals surface area (Å²) in [5, 5.41) is 14.4. The molecule has 0 unspecified atom stereocenters. The van der Waals surface area contributed by atoms with Crippen LogP contribution >= 0.6 is 11.6 Å². The van der Waals surface area contributed by atoms with E-state index in [0.717, 1.165) is 61.5 Å². The zero-order chi connectivity index (χ0) is 26.9. The lowest BCUT2D eigenvalue weighted by Crippen LogP contribution is -2.35.